The number of anilines is 1. The third-order valence-corrected chi connectivity index (χ3v) is 4.16. The molecule has 7 heteroatoms. The van der Waals surface area contributed by atoms with E-state index in [-0.39, 0.29) is 24.2 Å². The molecular weight excluding hydrogens is 360 g/mol. The Kier molecular flexibility index (Phi) is 7.14. The SMILES string of the molecule is COc1ccc(C(=O)NC(C(=O)Nc2ccc(CC(=O)O)cc2)C(C)C)cc1. The van der Waals surface area contributed by atoms with Crippen molar-refractivity contribution < 1.29 is 24.2 Å². The molecule has 28 heavy (non-hydrogen) atoms. The van der Waals surface area contributed by atoms with Crippen LogP contribution in [0.4, 0.5) is 5.69 Å². The van der Waals surface area contributed by atoms with Crippen LogP contribution in [0.3, 0.4) is 0 Å². The van der Waals surface area contributed by atoms with Crippen molar-refractivity contribution in [1.29, 1.82) is 0 Å². The van der Waals surface area contributed by atoms with Crippen molar-refractivity contribution in [3.8, 4) is 5.75 Å². The maximum absolute atomic E-state index is 12.6. The van der Waals surface area contributed by atoms with Gasteiger partial charge in [-0.2, -0.15) is 0 Å². The summed E-state index contributed by atoms with van der Waals surface area (Å²) in [5.41, 5.74) is 1.60. The second-order valence-corrected chi connectivity index (χ2v) is 6.68. The van der Waals surface area contributed by atoms with E-state index in [0.717, 1.165) is 0 Å². The van der Waals surface area contributed by atoms with Gasteiger partial charge in [-0.1, -0.05) is 26.0 Å². The van der Waals surface area contributed by atoms with E-state index in [1.54, 1.807) is 55.6 Å². The zero-order valence-electron chi connectivity index (χ0n) is 16.1. The van der Waals surface area contributed by atoms with E-state index < -0.39 is 12.0 Å². The lowest BCUT2D eigenvalue weighted by Gasteiger charge is -2.22. The van der Waals surface area contributed by atoms with Gasteiger partial charge in [0.1, 0.15) is 11.8 Å². The minimum atomic E-state index is -0.919. The number of carbonyl (C=O) groups is 3. The minimum Gasteiger partial charge on any atom is -0.497 e. The van der Waals surface area contributed by atoms with Crippen LogP contribution in [0, 0.1) is 5.92 Å². The zero-order valence-corrected chi connectivity index (χ0v) is 16.1. The van der Waals surface area contributed by atoms with Crippen LogP contribution in [0.15, 0.2) is 48.5 Å². The molecule has 0 spiro atoms. The van der Waals surface area contributed by atoms with Gasteiger partial charge in [0.15, 0.2) is 0 Å². The van der Waals surface area contributed by atoms with E-state index >= 15 is 0 Å². The van der Waals surface area contributed by atoms with Crippen molar-refractivity contribution in [3.05, 3.63) is 59.7 Å². The Bertz CT molecular complexity index is 829. The van der Waals surface area contributed by atoms with Gasteiger partial charge in [-0.05, 0) is 47.9 Å². The molecule has 0 saturated carbocycles. The van der Waals surface area contributed by atoms with Crippen LogP contribution >= 0.6 is 0 Å². The number of aliphatic carboxylic acids is 1. The van der Waals surface area contributed by atoms with Crippen molar-refractivity contribution in [3.63, 3.8) is 0 Å². The standard InChI is InChI=1S/C21H24N2O5/c1-13(2)19(23-20(26)15-6-10-17(28-3)11-7-15)21(27)22-16-8-4-14(5-9-16)12-18(24)25/h4-11,13,19H,12H2,1-3H3,(H,22,27)(H,23,26)(H,24,25). The van der Waals surface area contributed by atoms with Gasteiger partial charge in [-0.3, -0.25) is 14.4 Å². The van der Waals surface area contributed by atoms with Gasteiger partial charge >= 0.3 is 5.97 Å². The molecule has 0 radical (unpaired) electrons. The number of nitrogens with one attached hydrogen (secondary N) is 2. The van der Waals surface area contributed by atoms with Crippen LogP contribution in [0.1, 0.15) is 29.8 Å². The molecular formula is C21H24N2O5. The highest BCUT2D eigenvalue weighted by atomic mass is 16.5. The maximum Gasteiger partial charge on any atom is 0.307 e. The van der Waals surface area contributed by atoms with Gasteiger partial charge < -0.3 is 20.5 Å². The van der Waals surface area contributed by atoms with E-state index in [2.05, 4.69) is 10.6 Å². The normalized spacial score (nSPS) is 11.6. The molecule has 2 aromatic carbocycles. The highest BCUT2D eigenvalue weighted by Gasteiger charge is 2.24. The molecule has 7 nitrogen and oxygen atoms in total. The molecule has 0 bridgehead atoms. The maximum atomic E-state index is 12.6. The second-order valence-electron chi connectivity index (χ2n) is 6.68. The Balaban J connectivity index is 2.04. The van der Waals surface area contributed by atoms with Crippen LogP contribution in [-0.2, 0) is 16.0 Å². The molecule has 0 heterocycles. The number of methoxy groups -OCH3 is 1. The fourth-order valence-electron chi connectivity index (χ4n) is 2.60. The van der Waals surface area contributed by atoms with Crippen LogP contribution in [0.25, 0.3) is 0 Å². The third-order valence-electron chi connectivity index (χ3n) is 4.16. The topological polar surface area (TPSA) is 105 Å². The summed E-state index contributed by atoms with van der Waals surface area (Å²) in [5.74, 6) is -1.11. The number of hydrogen-bond donors (Lipinski definition) is 3. The highest BCUT2D eigenvalue weighted by Crippen LogP contribution is 2.14. The number of benzene rings is 2. The monoisotopic (exact) mass is 384 g/mol. The molecule has 2 rings (SSSR count). The number of rotatable bonds is 8. The van der Waals surface area contributed by atoms with E-state index in [1.165, 1.54) is 0 Å². The summed E-state index contributed by atoms with van der Waals surface area (Å²) in [5, 5.41) is 14.3. The molecule has 2 amide bonds. The van der Waals surface area contributed by atoms with Crippen LogP contribution in [0.2, 0.25) is 0 Å². The van der Waals surface area contributed by atoms with Gasteiger partial charge in [-0.25, -0.2) is 0 Å². The van der Waals surface area contributed by atoms with Gasteiger partial charge in [-0.15, -0.1) is 0 Å². The predicted molar refractivity (Wildman–Crippen MR) is 105 cm³/mol. The molecule has 3 N–H and O–H groups in total. The molecule has 1 atom stereocenters. The summed E-state index contributed by atoms with van der Waals surface area (Å²) in [6.45, 7) is 3.68. The van der Waals surface area contributed by atoms with Gasteiger partial charge in [0, 0.05) is 11.3 Å². The third kappa shape index (κ3) is 5.84. The van der Waals surface area contributed by atoms with E-state index in [1.807, 2.05) is 13.8 Å². The molecule has 0 saturated heterocycles. The van der Waals surface area contributed by atoms with Crippen LogP contribution in [0.5, 0.6) is 5.75 Å². The van der Waals surface area contributed by atoms with Crippen LogP contribution in [-0.4, -0.2) is 36.0 Å². The lowest BCUT2D eigenvalue weighted by Crippen LogP contribution is -2.47. The largest absolute Gasteiger partial charge is 0.497 e. The van der Waals surface area contributed by atoms with Gasteiger partial charge in [0.25, 0.3) is 5.91 Å². The fourth-order valence-corrected chi connectivity index (χ4v) is 2.60. The number of ether oxygens (including phenoxy) is 1. The Morgan fingerprint density at radius 2 is 1.61 bits per heavy atom. The van der Waals surface area contributed by atoms with Crippen molar-refractivity contribution in [1.82, 2.24) is 5.32 Å². The Morgan fingerprint density at radius 3 is 2.11 bits per heavy atom. The average Bonchev–Trinajstić information content (AvgIpc) is 2.66. The van der Waals surface area contributed by atoms with Crippen molar-refractivity contribution in [2.45, 2.75) is 26.3 Å². The van der Waals surface area contributed by atoms with E-state index in [9.17, 15) is 14.4 Å². The van der Waals surface area contributed by atoms with E-state index in [0.29, 0.717) is 22.6 Å². The molecule has 0 aliphatic carbocycles. The first kappa shape index (κ1) is 21.0. The summed E-state index contributed by atoms with van der Waals surface area (Å²) in [6.07, 6.45) is -0.0826. The number of hydrogen-bond acceptors (Lipinski definition) is 4. The minimum absolute atomic E-state index is 0.0826. The quantitative estimate of drug-likeness (QED) is 0.649. The number of carbonyl (C=O) groups excluding carboxylic acids is 2. The highest BCUT2D eigenvalue weighted by molar-refractivity contribution is 6.01. The molecule has 148 valence electrons. The van der Waals surface area contributed by atoms with Gasteiger partial charge in [0.2, 0.25) is 5.91 Å². The second kappa shape index (κ2) is 9.55. The Morgan fingerprint density at radius 1 is 1.00 bits per heavy atom. The van der Waals surface area contributed by atoms with Crippen molar-refractivity contribution >= 4 is 23.5 Å². The molecule has 0 fully saturated rings. The number of carboxylic acid groups (broad SMARTS) is 1. The molecule has 1 unspecified atom stereocenters. The average molecular weight is 384 g/mol. The Labute approximate surface area is 163 Å². The fraction of sp³-hybridized carbons (Fsp3) is 0.286. The summed E-state index contributed by atoms with van der Waals surface area (Å²) >= 11 is 0. The summed E-state index contributed by atoms with van der Waals surface area (Å²) in [6, 6.07) is 12.4. The summed E-state index contributed by atoms with van der Waals surface area (Å²) in [7, 11) is 1.54. The van der Waals surface area contributed by atoms with Crippen LogP contribution < -0.4 is 15.4 Å². The number of carboxylic acids is 1. The van der Waals surface area contributed by atoms with Crippen molar-refractivity contribution in [2.75, 3.05) is 12.4 Å². The first-order valence-corrected chi connectivity index (χ1v) is 8.86. The van der Waals surface area contributed by atoms with Gasteiger partial charge in [0.05, 0.1) is 13.5 Å². The summed E-state index contributed by atoms with van der Waals surface area (Å²) in [4.78, 5) is 35.9. The lowest BCUT2D eigenvalue weighted by atomic mass is 10.0. The zero-order chi connectivity index (χ0) is 20.7. The number of amides is 2. The molecule has 0 aromatic heterocycles. The summed E-state index contributed by atoms with van der Waals surface area (Å²) < 4.78 is 5.07. The Hall–Kier alpha value is -3.35. The molecule has 0 aliphatic heterocycles. The smallest absolute Gasteiger partial charge is 0.307 e. The predicted octanol–water partition coefficient (Wildman–Crippen LogP) is 2.72. The van der Waals surface area contributed by atoms with Crippen molar-refractivity contribution in [2.24, 2.45) is 5.92 Å². The molecule has 0 aliphatic rings. The first-order valence-electron chi connectivity index (χ1n) is 8.86. The molecule has 2 aromatic rings. The lowest BCUT2D eigenvalue weighted by molar-refractivity contribution is -0.136. The van der Waals surface area contributed by atoms with E-state index in [4.69, 9.17) is 9.84 Å². The first-order chi connectivity index (χ1) is 13.3.